The van der Waals surface area contributed by atoms with Gasteiger partial charge in [0.05, 0.1) is 4.90 Å². The second kappa shape index (κ2) is 7.23. The first-order chi connectivity index (χ1) is 10.9. The molecule has 8 nitrogen and oxygen atoms in total. The molecule has 0 atom stereocenters. The van der Waals surface area contributed by atoms with Crippen LogP contribution in [0, 0.1) is 11.3 Å². The van der Waals surface area contributed by atoms with Gasteiger partial charge in [0, 0.05) is 38.1 Å². The van der Waals surface area contributed by atoms with Gasteiger partial charge in [0.15, 0.2) is 0 Å². The quantitative estimate of drug-likeness (QED) is 0.407. The first-order valence-electron chi connectivity index (χ1n) is 6.86. The summed E-state index contributed by atoms with van der Waals surface area (Å²) in [5.74, 6) is -0.351. The molecule has 2 rings (SSSR count). The molecule has 1 heterocycles. The molecular formula is C14H16N4O4S. The first kappa shape index (κ1) is 17.0. The molecule has 1 amide bonds. The van der Waals surface area contributed by atoms with Gasteiger partial charge in [-0.25, -0.2) is 0 Å². The standard InChI is InChI=1S/C14H16N4O4S/c15-9-11(14(19)18-7-5-16-6-8-18)10-17-12-1-3-13(4-2-12)23(20,21)22/h1-4,10,16-17H,5-8H2,(H,20,21,22)/b11-10-. The van der Waals surface area contributed by atoms with E-state index in [1.165, 1.54) is 30.5 Å². The average Bonchev–Trinajstić information content (AvgIpc) is 2.55. The zero-order chi connectivity index (χ0) is 16.9. The zero-order valence-corrected chi connectivity index (χ0v) is 13.0. The van der Waals surface area contributed by atoms with Crippen LogP contribution in [0.5, 0.6) is 0 Å². The first-order valence-corrected chi connectivity index (χ1v) is 8.30. The molecule has 1 aliphatic heterocycles. The number of rotatable bonds is 4. The van der Waals surface area contributed by atoms with E-state index >= 15 is 0 Å². The normalized spacial score (nSPS) is 15.8. The fourth-order valence-electron chi connectivity index (χ4n) is 2.06. The lowest BCUT2D eigenvalue weighted by Gasteiger charge is -2.27. The molecule has 0 bridgehead atoms. The van der Waals surface area contributed by atoms with Crippen LogP contribution in [-0.4, -0.2) is 50.0 Å². The van der Waals surface area contributed by atoms with Crippen molar-refractivity contribution in [2.24, 2.45) is 0 Å². The summed E-state index contributed by atoms with van der Waals surface area (Å²) in [6, 6.07) is 7.13. The average molecular weight is 336 g/mol. The van der Waals surface area contributed by atoms with Gasteiger partial charge in [-0.1, -0.05) is 0 Å². The van der Waals surface area contributed by atoms with Crippen molar-refractivity contribution in [2.45, 2.75) is 4.90 Å². The van der Waals surface area contributed by atoms with E-state index in [-0.39, 0.29) is 16.4 Å². The number of nitrogens with one attached hydrogen (secondary N) is 2. The lowest BCUT2D eigenvalue weighted by molar-refractivity contribution is -0.127. The van der Waals surface area contributed by atoms with Gasteiger partial charge in [-0.3, -0.25) is 9.35 Å². The lowest BCUT2D eigenvalue weighted by atomic mass is 10.2. The number of carbonyl (C=O) groups excluding carboxylic acids is 1. The molecule has 1 aromatic rings. The predicted molar refractivity (Wildman–Crippen MR) is 83.0 cm³/mol. The predicted octanol–water partition coefficient (Wildman–Crippen LogP) is 0.184. The molecule has 0 spiro atoms. The Bertz CT molecular complexity index is 744. The summed E-state index contributed by atoms with van der Waals surface area (Å²) in [5, 5.41) is 15.0. The second-order valence-corrected chi connectivity index (χ2v) is 6.28. The van der Waals surface area contributed by atoms with Crippen molar-refractivity contribution in [1.29, 1.82) is 5.26 Å². The SMILES string of the molecule is N#C/C(=C/Nc1ccc(S(=O)(=O)O)cc1)C(=O)N1CCNCC1. The van der Waals surface area contributed by atoms with Gasteiger partial charge in [0.2, 0.25) is 0 Å². The van der Waals surface area contributed by atoms with Crippen molar-refractivity contribution in [3.05, 3.63) is 36.0 Å². The van der Waals surface area contributed by atoms with Gasteiger partial charge in [0.1, 0.15) is 11.6 Å². The third kappa shape index (κ3) is 4.53. The number of hydrogen-bond acceptors (Lipinski definition) is 6. The third-order valence-electron chi connectivity index (χ3n) is 3.29. The van der Waals surface area contributed by atoms with Crippen LogP contribution in [0.3, 0.4) is 0 Å². The van der Waals surface area contributed by atoms with E-state index in [0.717, 1.165) is 0 Å². The third-order valence-corrected chi connectivity index (χ3v) is 4.16. The molecule has 3 N–H and O–H groups in total. The molecule has 1 aromatic carbocycles. The highest BCUT2D eigenvalue weighted by atomic mass is 32.2. The highest BCUT2D eigenvalue weighted by Crippen LogP contribution is 2.14. The van der Waals surface area contributed by atoms with E-state index in [1.54, 1.807) is 4.90 Å². The van der Waals surface area contributed by atoms with Crippen molar-refractivity contribution < 1.29 is 17.8 Å². The Morgan fingerprint density at radius 2 is 1.91 bits per heavy atom. The number of benzene rings is 1. The lowest BCUT2D eigenvalue weighted by Crippen LogP contribution is -2.46. The van der Waals surface area contributed by atoms with Crippen LogP contribution in [0.4, 0.5) is 5.69 Å². The van der Waals surface area contributed by atoms with E-state index in [2.05, 4.69) is 10.6 Å². The van der Waals surface area contributed by atoms with Crippen molar-refractivity contribution in [3.63, 3.8) is 0 Å². The number of carbonyl (C=O) groups is 1. The fraction of sp³-hybridized carbons (Fsp3) is 0.286. The van der Waals surface area contributed by atoms with Crippen LogP contribution in [0.15, 0.2) is 40.9 Å². The Kier molecular flexibility index (Phi) is 5.33. The van der Waals surface area contributed by atoms with E-state index in [0.29, 0.717) is 31.9 Å². The van der Waals surface area contributed by atoms with Gasteiger partial charge in [0.25, 0.3) is 16.0 Å². The van der Waals surface area contributed by atoms with Gasteiger partial charge in [-0.05, 0) is 24.3 Å². The van der Waals surface area contributed by atoms with Crippen LogP contribution in [-0.2, 0) is 14.9 Å². The molecule has 0 aromatic heterocycles. The smallest absolute Gasteiger partial charge is 0.294 e. The summed E-state index contributed by atoms with van der Waals surface area (Å²) < 4.78 is 30.8. The van der Waals surface area contributed by atoms with E-state index in [1.807, 2.05) is 6.07 Å². The largest absolute Gasteiger partial charge is 0.360 e. The highest BCUT2D eigenvalue weighted by Gasteiger charge is 2.19. The van der Waals surface area contributed by atoms with Crippen molar-refractivity contribution >= 4 is 21.7 Å². The maximum absolute atomic E-state index is 12.2. The minimum Gasteiger partial charge on any atom is -0.360 e. The monoisotopic (exact) mass is 336 g/mol. The maximum atomic E-state index is 12.2. The van der Waals surface area contributed by atoms with Crippen LogP contribution in [0.1, 0.15) is 0 Å². The number of nitriles is 1. The number of hydrogen-bond donors (Lipinski definition) is 3. The number of piperazine rings is 1. The summed E-state index contributed by atoms with van der Waals surface area (Å²) in [6.45, 7) is 2.46. The number of nitrogens with zero attached hydrogens (tertiary/aromatic N) is 2. The summed E-state index contributed by atoms with van der Waals surface area (Å²) in [4.78, 5) is 13.6. The molecule has 1 saturated heterocycles. The van der Waals surface area contributed by atoms with Crippen molar-refractivity contribution in [1.82, 2.24) is 10.2 Å². The Balaban J connectivity index is 2.07. The summed E-state index contributed by atoms with van der Waals surface area (Å²) in [5.41, 5.74) is 0.448. The molecule has 9 heteroatoms. The minimum atomic E-state index is -4.25. The Hall–Kier alpha value is -2.41. The Morgan fingerprint density at radius 1 is 1.30 bits per heavy atom. The maximum Gasteiger partial charge on any atom is 0.294 e. The highest BCUT2D eigenvalue weighted by molar-refractivity contribution is 7.85. The summed E-state index contributed by atoms with van der Waals surface area (Å²) >= 11 is 0. The fourth-order valence-corrected chi connectivity index (χ4v) is 2.54. The number of amides is 1. The summed E-state index contributed by atoms with van der Waals surface area (Å²) in [7, 11) is -4.25. The van der Waals surface area contributed by atoms with Crippen LogP contribution in [0.2, 0.25) is 0 Å². The van der Waals surface area contributed by atoms with E-state index < -0.39 is 10.1 Å². The molecule has 0 saturated carbocycles. The Labute approximate surface area is 134 Å². The van der Waals surface area contributed by atoms with Gasteiger partial charge in [-0.2, -0.15) is 13.7 Å². The van der Waals surface area contributed by atoms with Crippen LogP contribution in [0.25, 0.3) is 0 Å². The molecule has 0 unspecified atom stereocenters. The van der Waals surface area contributed by atoms with Crippen LogP contribution < -0.4 is 10.6 Å². The van der Waals surface area contributed by atoms with Gasteiger partial charge < -0.3 is 15.5 Å². The summed E-state index contributed by atoms with van der Waals surface area (Å²) in [6.07, 6.45) is 1.28. The molecule has 1 fully saturated rings. The Morgan fingerprint density at radius 3 is 2.43 bits per heavy atom. The van der Waals surface area contributed by atoms with Gasteiger partial charge >= 0.3 is 0 Å². The topological polar surface area (TPSA) is 123 Å². The molecule has 122 valence electrons. The van der Waals surface area contributed by atoms with Gasteiger partial charge in [-0.15, -0.1) is 0 Å². The van der Waals surface area contributed by atoms with Crippen molar-refractivity contribution in [2.75, 3.05) is 31.5 Å². The van der Waals surface area contributed by atoms with E-state index in [9.17, 15) is 13.2 Å². The minimum absolute atomic E-state index is 0.0363. The number of anilines is 1. The molecular weight excluding hydrogens is 320 g/mol. The van der Waals surface area contributed by atoms with E-state index in [4.69, 9.17) is 9.81 Å². The molecule has 0 radical (unpaired) electrons. The zero-order valence-electron chi connectivity index (χ0n) is 12.2. The van der Waals surface area contributed by atoms with Crippen molar-refractivity contribution in [3.8, 4) is 6.07 Å². The second-order valence-electron chi connectivity index (χ2n) is 4.86. The molecule has 1 aliphatic rings. The molecule has 23 heavy (non-hydrogen) atoms. The molecule has 0 aliphatic carbocycles. The van der Waals surface area contributed by atoms with Crippen LogP contribution >= 0.6 is 0 Å².